The average Bonchev–Trinajstić information content (AvgIpc) is 2.43. The molecule has 0 radical (unpaired) electrons. The standard InChI is InChI=1S/C14H12FNO4/c15-12-11(14(18)19)5-7-16-13(12)20-10-3-1-9(2-4-10)6-8-17/h1-5,7,17H,6,8H2,(H,18,19). The van der Waals surface area contributed by atoms with Gasteiger partial charge in [0.1, 0.15) is 11.3 Å². The van der Waals surface area contributed by atoms with Crippen molar-refractivity contribution < 1.29 is 24.1 Å². The number of rotatable bonds is 5. The Bertz CT molecular complexity index is 613. The molecule has 6 heteroatoms. The van der Waals surface area contributed by atoms with Gasteiger partial charge in [0.05, 0.1) is 0 Å². The summed E-state index contributed by atoms with van der Waals surface area (Å²) in [7, 11) is 0. The Balaban J connectivity index is 2.21. The zero-order valence-corrected chi connectivity index (χ0v) is 10.4. The fourth-order valence-electron chi connectivity index (χ4n) is 1.63. The minimum atomic E-state index is -1.38. The molecule has 0 fully saturated rings. The minimum Gasteiger partial charge on any atom is -0.478 e. The first kappa shape index (κ1) is 14.0. The summed E-state index contributed by atoms with van der Waals surface area (Å²) < 4.78 is 19.0. The van der Waals surface area contributed by atoms with Crippen LogP contribution in [0.1, 0.15) is 15.9 Å². The lowest BCUT2D eigenvalue weighted by Crippen LogP contribution is -2.03. The number of nitrogens with zero attached hydrogens (tertiary/aromatic N) is 1. The highest BCUT2D eigenvalue weighted by Crippen LogP contribution is 2.24. The molecule has 20 heavy (non-hydrogen) atoms. The third-order valence-electron chi connectivity index (χ3n) is 2.63. The fraction of sp³-hybridized carbons (Fsp3) is 0.143. The first-order valence-corrected chi connectivity index (χ1v) is 5.87. The van der Waals surface area contributed by atoms with E-state index in [0.29, 0.717) is 12.2 Å². The van der Waals surface area contributed by atoms with Gasteiger partial charge in [0.15, 0.2) is 5.82 Å². The summed E-state index contributed by atoms with van der Waals surface area (Å²) >= 11 is 0. The first-order chi connectivity index (χ1) is 9.61. The fourth-order valence-corrected chi connectivity index (χ4v) is 1.63. The Labute approximate surface area is 114 Å². The molecule has 2 aromatic rings. The number of pyridine rings is 1. The smallest absolute Gasteiger partial charge is 0.338 e. The summed E-state index contributed by atoms with van der Waals surface area (Å²) in [6, 6.07) is 7.71. The van der Waals surface area contributed by atoms with Crippen molar-refractivity contribution in [2.75, 3.05) is 6.61 Å². The molecule has 104 valence electrons. The monoisotopic (exact) mass is 277 g/mol. The lowest BCUT2D eigenvalue weighted by atomic mass is 10.1. The van der Waals surface area contributed by atoms with E-state index in [4.69, 9.17) is 14.9 Å². The Kier molecular flexibility index (Phi) is 4.27. The highest BCUT2D eigenvalue weighted by atomic mass is 19.1. The quantitative estimate of drug-likeness (QED) is 0.876. The number of aliphatic hydroxyl groups excluding tert-OH is 1. The third kappa shape index (κ3) is 3.10. The van der Waals surface area contributed by atoms with Crippen molar-refractivity contribution >= 4 is 5.97 Å². The molecule has 1 aromatic heterocycles. The van der Waals surface area contributed by atoms with Crippen molar-refractivity contribution in [2.45, 2.75) is 6.42 Å². The normalized spacial score (nSPS) is 10.3. The van der Waals surface area contributed by atoms with E-state index in [0.717, 1.165) is 11.6 Å². The summed E-state index contributed by atoms with van der Waals surface area (Å²) in [6.07, 6.45) is 1.68. The highest BCUT2D eigenvalue weighted by molar-refractivity contribution is 5.88. The third-order valence-corrected chi connectivity index (χ3v) is 2.63. The van der Waals surface area contributed by atoms with Crippen molar-refractivity contribution in [3.05, 3.63) is 53.5 Å². The number of hydrogen-bond donors (Lipinski definition) is 2. The van der Waals surface area contributed by atoms with E-state index < -0.39 is 17.3 Å². The molecule has 0 aliphatic rings. The maximum atomic E-state index is 13.8. The summed E-state index contributed by atoms with van der Waals surface area (Å²) in [5, 5.41) is 17.6. The summed E-state index contributed by atoms with van der Waals surface area (Å²) in [6.45, 7) is 0.0387. The van der Waals surface area contributed by atoms with E-state index in [-0.39, 0.29) is 12.5 Å². The number of carboxylic acid groups (broad SMARTS) is 1. The van der Waals surface area contributed by atoms with Crippen LogP contribution in [-0.2, 0) is 6.42 Å². The first-order valence-electron chi connectivity index (χ1n) is 5.87. The van der Waals surface area contributed by atoms with E-state index in [1.54, 1.807) is 24.3 Å². The maximum absolute atomic E-state index is 13.8. The van der Waals surface area contributed by atoms with Gasteiger partial charge >= 0.3 is 5.97 Å². The SMILES string of the molecule is O=C(O)c1ccnc(Oc2ccc(CCO)cc2)c1F. The molecule has 1 aromatic carbocycles. The van der Waals surface area contributed by atoms with Crippen molar-refractivity contribution in [2.24, 2.45) is 0 Å². The van der Waals surface area contributed by atoms with Crippen LogP contribution in [0.2, 0.25) is 0 Å². The molecule has 5 nitrogen and oxygen atoms in total. The van der Waals surface area contributed by atoms with Crippen LogP contribution < -0.4 is 4.74 Å². The molecule has 1 heterocycles. The van der Waals surface area contributed by atoms with E-state index in [9.17, 15) is 9.18 Å². The number of carboxylic acids is 1. The van der Waals surface area contributed by atoms with Gasteiger partial charge in [0, 0.05) is 12.8 Å². The van der Waals surface area contributed by atoms with Gasteiger partial charge in [-0.05, 0) is 30.2 Å². The summed E-state index contributed by atoms with van der Waals surface area (Å²) in [5.41, 5.74) is 0.416. The predicted octanol–water partition coefficient (Wildman–Crippen LogP) is 2.25. The number of aliphatic hydroxyl groups is 1. The van der Waals surface area contributed by atoms with Gasteiger partial charge in [-0.15, -0.1) is 0 Å². The molecule has 0 aliphatic carbocycles. The predicted molar refractivity (Wildman–Crippen MR) is 68.5 cm³/mol. The number of ether oxygens (including phenoxy) is 1. The van der Waals surface area contributed by atoms with Crippen LogP contribution in [0, 0.1) is 5.82 Å². The van der Waals surface area contributed by atoms with Crippen LogP contribution >= 0.6 is 0 Å². The molecular formula is C14H12FNO4. The van der Waals surface area contributed by atoms with E-state index >= 15 is 0 Å². The van der Waals surface area contributed by atoms with Gasteiger partial charge in [0.2, 0.25) is 0 Å². The number of benzene rings is 1. The molecule has 0 bridgehead atoms. The van der Waals surface area contributed by atoms with Gasteiger partial charge in [-0.2, -0.15) is 0 Å². The summed E-state index contributed by atoms with van der Waals surface area (Å²) in [4.78, 5) is 14.5. The Morgan fingerprint density at radius 2 is 1.95 bits per heavy atom. The van der Waals surface area contributed by atoms with E-state index in [1.165, 1.54) is 6.20 Å². The number of aromatic nitrogens is 1. The second-order valence-corrected chi connectivity index (χ2v) is 4.00. The van der Waals surface area contributed by atoms with Crippen molar-refractivity contribution in [3.63, 3.8) is 0 Å². The van der Waals surface area contributed by atoms with Crippen molar-refractivity contribution in [3.8, 4) is 11.6 Å². The van der Waals surface area contributed by atoms with Gasteiger partial charge in [-0.1, -0.05) is 12.1 Å². The van der Waals surface area contributed by atoms with Crippen LogP contribution in [-0.4, -0.2) is 27.8 Å². The zero-order chi connectivity index (χ0) is 14.5. The van der Waals surface area contributed by atoms with Gasteiger partial charge in [-0.3, -0.25) is 0 Å². The maximum Gasteiger partial charge on any atom is 0.338 e. The largest absolute Gasteiger partial charge is 0.478 e. The molecule has 0 saturated carbocycles. The second-order valence-electron chi connectivity index (χ2n) is 4.00. The van der Waals surface area contributed by atoms with E-state index in [1.807, 2.05) is 0 Å². The molecule has 0 amide bonds. The van der Waals surface area contributed by atoms with Gasteiger partial charge < -0.3 is 14.9 Å². The summed E-state index contributed by atoms with van der Waals surface area (Å²) in [5.74, 6) is -2.45. The molecule has 2 rings (SSSR count). The Hall–Kier alpha value is -2.47. The number of aromatic carboxylic acids is 1. The highest BCUT2D eigenvalue weighted by Gasteiger charge is 2.16. The van der Waals surface area contributed by atoms with Crippen LogP contribution in [0.5, 0.6) is 11.6 Å². The zero-order valence-electron chi connectivity index (χ0n) is 10.4. The minimum absolute atomic E-state index is 0.0387. The molecule has 0 atom stereocenters. The Morgan fingerprint density at radius 1 is 1.25 bits per heavy atom. The lowest BCUT2D eigenvalue weighted by molar-refractivity contribution is 0.0690. The lowest BCUT2D eigenvalue weighted by Gasteiger charge is -2.07. The van der Waals surface area contributed by atoms with Crippen LogP contribution in [0.3, 0.4) is 0 Å². The molecule has 0 spiro atoms. The van der Waals surface area contributed by atoms with Gasteiger partial charge in [-0.25, -0.2) is 14.2 Å². The average molecular weight is 277 g/mol. The van der Waals surface area contributed by atoms with Gasteiger partial charge in [0.25, 0.3) is 5.88 Å². The number of carbonyl (C=O) groups is 1. The van der Waals surface area contributed by atoms with E-state index in [2.05, 4.69) is 4.98 Å². The van der Waals surface area contributed by atoms with Crippen LogP contribution in [0.4, 0.5) is 4.39 Å². The van der Waals surface area contributed by atoms with Crippen LogP contribution in [0.25, 0.3) is 0 Å². The second kappa shape index (κ2) is 6.12. The van der Waals surface area contributed by atoms with Crippen molar-refractivity contribution in [1.29, 1.82) is 0 Å². The number of halogens is 1. The molecule has 0 aliphatic heterocycles. The van der Waals surface area contributed by atoms with Crippen LogP contribution in [0.15, 0.2) is 36.5 Å². The molecule has 2 N–H and O–H groups in total. The topological polar surface area (TPSA) is 79.7 Å². The van der Waals surface area contributed by atoms with Crippen molar-refractivity contribution in [1.82, 2.24) is 4.98 Å². The Morgan fingerprint density at radius 3 is 2.55 bits per heavy atom. The number of hydrogen-bond acceptors (Lipinski definition) is 4. The molecule has 0 unspecified atom stereocenters. The molecule has 0 saturated heterocycles. The molecular weight excluding hydrogens is 265 g/mol.